The molecule has 1 amide bonds. The highest BCUT2D eigenvalue weighted by Gasteiger charge is 2.36. The minimum absolute atomic E-state index is 0.150. The van der Waals surface area contributed by atoms with E-state index in [0.717, 1.165) is 0 Å². The summed E-state index contributed by atoms with van der Waals surface area (Å²) in [5.74, 6) is -1.18. The van der Waals surface area contributed by atoms with Gasteiger partial charge in [0, 0.05) is 12.0 Å². The number of hydrogen-bond donors (Lipinski definition) is 2. The summed E-state index contributed by atoms with van der Waals surface area (Å²) in [6.45, 7) is 2.97. The van der Waals surface area contributed by atoms with Crippen LogP contribution in [0.2, 0.25) is 0 Å². The molecule has 0 spiro atoms. The highest BCUT2D eigenvalue weighted by Crippen LogP contribution is 2.28. The second kappa shape index (κ2) is 6.29. The van der Waals surface area contributed by atoms with E-state index < -0.39 is 17.4 Å². The van der Waals surface area contributed by atoms with Crippen LogP contribution in [0.3, 0.4) is 0 Å². The smallest absolute Gasteiger partial charge is 0.331 e. The number of amides is 1. The molecule has 1 atom stereocenters. The van der Waals surface area contributed by atoms with Crippen LogP contribution in [0.4, 0.5) is 0 Å². The summed E-state index contributed by atoms with van der Waals surface area (Å²) >= 11 is 1.30. The zero-order chi connectivity index (χ0) is 16.3. The van der Waals surface area contributed by atoms with Crippen molar-refractivity contribution in [2.75, 3.05) is 13.7 Å². The summed E-state index contributed by atoms with van der Waals surface area (Å²) < 4.78 is 10.1. The molecule has 0 aliphatic carbocycles. The fourth-order valence-electron chi connectivity index (χ4n) is 1.86. The predicted octanol–water partition coefficient (Wildman–Crippen LogP) is 1.93. The maximum atomic E-state index is 12.3. The van der Waals surface area contributed by atoms with Crippen molar-refractivity contribution >= 4 is 23.2 Å². The minimum Gasteiger partial charge on any atom is -0.479 e. The molecule has 1 unspecified atom stereocenters. The summed E-state index contributed by atoms with van der Waals surface area (Å²) in [4.78, 5) is 28.6. The van der Waals surface area contributed by atoms with Crippen LogP contribution < -0.4 is 5.32 Å². The van der Waals surface area contributed by atoms with Gasteiger partial charge in [-0.15, -0.1) is 11.3 Å². The number of furan rings is 1. The van der Waals surface area contributed by atoms with Gasteiger partial charge in [-0.05, 0) is 26.0 Å². The molecule has 7 nitrogen and oxygen atoms in total. The first-order chi connectivity index (χ1) is 10.4. The van der Waals surface area contributed by atoms with Crippen LogP contribution in [0.15, 0.2) is 22.8 Å². The number of hydrogen-bond acceptors (Lipinski definition) is 6. The van der Waals surface area contributed by atoms with Crippen LogP contribution >= 0.6 is 11.3 Å². The lowest BCUT2D eigenvalue weighted by Gasteiger charge is -2.24. The van der Waals surface area contributed by atoms with E-state index in [1.54, 1.807) is 19.1 Å². The standard InChI is InChI=1S/C14H16N2O5S/c1-8-10(15-12(22-8)9-5-4-6-21-9)11(17)16-14(2,7-20-3)13(18)19/h4-6H,7H2,1-3H3,(H,16,17)(H,18,19). The van der Waals surface area contributed by atoms with Gasteiger partial charge < -0.3 is 19.6 Å². The van der Waals surface area contributed by atoms with E-state index in [4.69, 9.17) is 9.15 Å². The Morgan fingerprint density at radius 2 is 2.27 bits per heavy atom. The Hall–Kier alpha value is -2.19. The van der Waals surface area contributed by atoms with Crippen LogP contribution in [0.25, 0.3) is 10.8 Å². The normalized spacial score (nSPS) is 13.6. The summed E-state index contributed by atoms with van der Waals surface area (Å²) in [6.07, 6.45) is 1.52. The number of methoxy groups -OCH3 is 1. The van der Waals surface area contributed by atoms with E-state index in [2.05, 4.69) is 10.3 Å². The van der Waals surface area contributed by atoms with Gasteiger partial charge in [0.25, 0.3) is 5.91 Å². The molecule has 0 saturated carbocycles. The highest BCUT2D eigenvalue weighted by molar-refractivity contribution is 7.15. The molecule has 8 heteroatoms. The minimum atomic E-state index is -1.52. The molecule has 2 N–H and O–H groups in total. The molecule has 0 bridgehead atoms. The number of aromatic nitrogens is 1. The van der Waals surface area contributed by atoms with Crippen molar-refractivity contribution in [3.63, 3.8) is 0 Å². The predicted molar refractivity (Wildman–Crippen MR) is 79.9 cm³/mol. The maximum Gasteiger partial charge on any atom is 0.331 e. The first-order valence-corrected chi connectivity index (χ1v) is 7.25. The van der Waals surface area contributed by atoms with Crippen molar-refractivity contribution in [3.05, 3.63) is 29.0 Å². The van der Waals surface area contributed by atoms with E-state index in [1.165, 1.54) is 31.6 Å². The van der Waals surface area contributed by atoms with Gasteiger partial charge in [-0.3, -0.25) is 4.79 Å². The summed E-state index contributed by atoms with van der Waals surface area (Å²) in [5, 5.41) is 12.3. The molecule has 2 aromatic rings. The largest absolute Gasteiger partial charge is 0.479 e. The molecule has 2 heterocycles. The zero-order valence-electron chi connectivity index (χ0n) is 12.4. The molecular weight excluding hydrogens is 308 g/mol. The van der Waals surface area contributed by atoms with Gasteiger partial charge in [0.2, 0.25) is 0 Å². The van der Waals surface area contributed by atoms with Crippen LogP contribution in [0, 0.1) is 6.92 Å². The van der Waals surface area contributed by atoms with Crippen molar-refractivity contribution < 1.29 is 23.8 Å². The summed E-state index contributed by atoms with van der Waals surface area (Å²) in [5.41, 5.74) is -1.34. The van der Waals surface area contributed by atoms with Crippen LogP contribution in [-0.2, 0) is 9.53 Å². The highest BCUT2D eigenvalue weighted by atomic mass is 32.1. The first kappa shape index (κ1) is 16.2. The van der Waals surface area contributed by atoms with Crippen LogP contribution in [-0.4, -0.2) is 41.2 Å². The molecular formula is C14H16N2O5S. The van der Waals surface area contributed by atoms with E-state index in [-0.39, 0.29) is 12.3 Å². The number of aryl methyl sites for hydroxylation is 1. The third kappa shape index (κ3) is 3.18. The molecule has 0 aliphatic rings. The summed E-state index contributed by atoms with van der Waals surface area (Å²) in [7, 11) is 1.37. The van der Waals surface area contributed by atoms with E-state index in [1.807, 2.05) is 0 Å². The number of carbonyl (C=O) groups excluding carboxylic acids is 1. The number of thiazole rings is 1. The van der Waals surface area contributed by atoms with Gasteiger partial charge in [-0.1, -0.05) is 0 Å². The Morgan fingerprint density at radius 1 is 1.55 bits per heavy atom. The Labute approximate surface area is 130 Å². The van der Waals surface area contributed by atoms with Crippen molar-refractivity contribution in [3.8, 4) is 10.8 Å². The first-order valence-electron chi connectivity index (χ1n) is 6.43. The topological polar surface area (TPSA) is 102 Å². The monoisotopic (exact) mass is 324 g/mol. The lowest BCUT2D eigenvalue weighted by Crippen LogP contribution is -2.55. The SMILES string of the molecule is COCC(C)(NC(=O)c1nc(-c2ccco2)sc1C)C(=O)O. The fourth-order valence-corrected chi connectivity index (χ4v) is 2.74. The molecule has 2 rings (SSSR count). The average Bonchev–Trinajstić information content (AvgIpc) is 3.07. The van der Waals surface area contributed by atoms with Gasteiger partial charge in [-0.25, -0.2) is 9.78 Å². The number of nitrogens with one attached hydrogen (secondary N) is 1. The van der Waals surface area contributed by atoms with Crippen LogP contribution in [0.5, 0.6) is 0 Å². The third-order valence-corrected chi connectivity index (χ3v) is 4.02. The fraction of sp³-hybridized carbons (Fsp3) is 0.357. The number of rotatable bonds is 6. The molecule has 0 saturated heterocycles. The quantitative estimate of drug-likeness (QED) is 0.842. The molecule has 22 heavy (non-hydrogen) atoms. The molecule has 118 valence electrons. The lowest BCUT2D eigenvalue weighted by molar-refractivity contribution is -0.145. The number of nitrogens with zero attached hydrogens (tertiary/aromatic N) is 1. The molecule has 2 aromatic heterocycles. The van der Waals surface area contributed by atoms with Crippen molar-refractivity contribution in [2.24, 2.45) is 0 Å². The second-order valence-electron chi connectivity index (χ2n) is 4.93. The van der Waals surface area contributed by atoms with Gasteiger partial charge in [-0.2, -0.15) is 0 Å². The molecule has 0 fully saturated rings. The van der Waals surface area contributed by atoms with Gasteiger partial charge in [0.1, 0.15) is 5.69 Å². The van der Waals surface area contributed by atoms with Crippen molar-refractivity contribution in [1.29, 1.82) is 0 Å². The molecule has 0 radical (unpaired) electrons. The van der Waals surface area contributed by atoms with Gasteiger partial charge in [0.05, 0.1) is 12.9 Å². The number of carboxylic acid groups (broad SMARTS) is 1. The average molecular weight is 324 g/mol. The lowest BCUT2D eigenvalue weighted by atomic mass is 10.0. The number of ether oxygens (including phenoxy) is 1. The zero-order valence-corrected chi connectivity index (χ0v) is 13.2. The van der Waals surface area contributed by atoms with Crippen molar-refractivity contribution in [1.82, 2.24) is 10.3 Å². The Morgan fingerprint density at radius 3 is 2.82 bits per heavy atom. The molecule has 0 aromatic carbocycles. The van der Waals surface area contributed by atoms with Crippen molar-refractivity contribution in [2.45, 2.75) is 19.4 Å². The summed E-state index contributed by atoms with van der Waals surface area (Å²) in [6, 6.07) is 3.47. The Bertz CT molecular complexity index is 679. The van der Waals surface area contributed by atoms with E-state index >= 15 is 0 Å². The van der Waals surface area contributed by atoms with E-state index in [9.17, 15) is 14.7 Å². The third-order valence-electron chi connectivity index (χ3n) is 3.04. The Balaban J connectivity index is 2.25. The Kier molecular flexibility index (Phi) is 4.62. The second-order valence-corrected chi connectivity index (χ2v) is 6.13. The van der Waals surface area contributed by atoms with Crippen LogP contribution in [0.1, 0.15) is 22.3 Å². The van der Waals surface area contributed by atoms with Gasteiger partial charge >= 0.3 is 5.97 Å². The molecule has 0 aliphatic heterocycles. The maximum absolute atomic E-state index is 12.3. The number of carboxylic acids is 1. The number of aliphatic carboxylic acids is 1. The van der Waals surface area contributed by atoms with Gasteiger partial charge in [0.15, 0.2) is 16.3 Å². The van der Waals surface area contributed by atoms with E-state index in [0.29, 0.717) is 15.6 Å². The number of carbonyl (C=O) groups is 2.